The number of rotatable bonds is 11. The Morgan fingerprint density at radius 2 is 1.76 bits per heavy atom. The molecular weight excluding hydrogens is 537 g/mol. The molecule has 0 saturated carbocycles. The summed E-state index contributed by atoms with van der Waals surface area (Å²) >= 11 is 12.2. The van der Waals surface area contributed by atoms with E-state index >= 15 is 0 Å². The van der Waals surface area contributed by atoms with E-state index in [1.807, 2.05) is 20.8 Å². The minimum absolute atomic E-state index is 0.0322. The van der Waals surface area contributed by atoms with E-state index in [0.717, 1.165) is 6.26 Å². The van der Waals surface area contributed by atoms with Gasteiger partial charge in [-0.05, 0) is 63.9 Å². The topological polar surface area (TPSA) is 96.0 Å². The number of nitrogens with zero attached hydrogens (tertiary/aromatic N) is 2. The maximum atomic E-state index is 13.4. The number of anilines is 1. The summed E-state index contributed by atoms with van der Waals surface area (Å²) in [5, 5.41) is 3.64. The highest BCUT2D eigenvalue weighted by Crippen LogP contribution is 2.25. The van der Waals surface area contributed by atoms with E-state index in [1.165, 1.54) is 16.3 Å². The van der Waals surface area contributed by atoms with Crippen LogP contribution in [0.1, 0.15) is 46.1 Å². The molecule has 1 unspecified atom stereocenters. The number of halogens is 2. The molecule has 0 aliphatic heterocycles. The molecule has 0 saturated heterocycles. The third kappa shape index (κ3) is 9.39. The van der Waals surface area contributed by atoms with E-state index in [4.69, 9.17) is 27.9 Å². The van der Waals surface area contributed by atoms with Gasteiger partial charge in [0.2, 0.25) is 21.8 Å². The number of sulfonamides is 1. The van der Waals surface area contributed by atoms with Gasteiger partial charge in [0.1, 0.15) is 11.8 Å². The lowest BCUT2D eigenvalue weighted by Crippen LogP contribution is -2.52. The van der Waals surface area contributed by atoms with Crippen molar-refractivity contribution in [2.45, 2.75) is 58.7 Å². The molecule has 37 heavy (non-hydrogen) atoms. The van der Waals surface area contributed by atoms with E-state index in [-0.39, 0.29) is 37.7 Å². The minimum Gasteiger partial charge on any atom is -0.497 e. The lowest BCUT2D eigenvalue weighted by Gasteiger charge is -2.32. The smallest absolute Gasteiger partial charge is 0.242 e. The second-order valence-corrected chi connectivity index (χ2v) is 12.5. The maximum absolute atomic E-state index is 13.4. The third-order valence-corrected chi connectivity index (χ3v) is 7.43. The summed E-state index contributed by atoms with van der Waals surface area (Å²) in [4.78, 5) is 27.8. The fraction of sp³-hybridized carbons (Fsp3) is 0.462. The van der Waals surface area contributed by atoms with Gasteiger partial charge >= 0.3 is 0 Å². The van der Waals surface area contributed by atoms with Crippen LogP contribution in [0.3, 0.4) is 0 Å². The second-order valence-electron chi connectivity index (χ2n) is 9.83. The fourth-order valence-electron chi connectivity index (χ4n) is 3.66. The Bertz CT molecular complexity index is 1210. The SMILES string of the molecule is COc1cccc(N(CCCC(=O)N(Cc2ccc(Cl)c(Cl)c2)C(C)C(=O)NC(C)(C)C)S(C)(=O)=O)c1. The Kier molecular flexibility index (Phi) is 10.7. The van der Waals surface area contributed by atoms with Gasteiger partial charge < -0.3 is 15.0 Å². The quantitative estimate of drug-likeness (QED) is 0.414. The Labute approximate surface area is 229 Å². The minimum atomic E-state index is -3.61. The van der Waals surface area contributed by atoms with Crippen molar-refractivity contribution in [3.05, 3.63) is 58.1 Å². The van der Waals surface area contributed by atoms with Crippen LogP contribution in [0.15, 0.2) is 42.5 Å². The van der Waals surface area contributed by atoms with E-state index in [0.29, 0.717) is 27.0 Å². The first kappa shape index (κ1) is 30.7. The molecule has 0 bridgehead atoms. The van der Waals surface area contributed by atoms with Gasteiger partial charge in [0.15, 0.2) is 0 Å². The Balaban J connectivity index is 2.23. The zero-order chi connectivity index (χ0) is 28.0. The van der Waals surface area contributed by atoms with Gasteiger partial charge in [0, 0.05) is 31.1 Å². The number of carbonyl (C=O) groups excluding carboxylic acids is 2. The molecule has 0 spiro atoms. The van der Waals surface area contributed by atoms with Crippen LogP contribution < -0.4 is 14.4 Å². The molecule has 1 N–H and O–H groups in total. The van der Waals surface area contributed by atoms with Crippen LogP contribution in [0.2, 0.25) is 10.0 Å². The lowest BCUT2D eigenvalue weighted by molar-refractivity contribution is -0.141. The van der Waals surface area contributed by atoms with Gasteiger partial charge in [0.05, 0.1) is 29.1 Å². The molecule has 2 aromatic carbocycles. The molecule has 8 nitrogen and oxygen atoms in total. The summed E-state index contributed by atoms with van der Waals surface area (Å²) in [7, 11) is -2.11. The van der Waals surface area contributed by atoms with Gasteiger partial charge in [-0.2, -0.15) is 0 Å². The highest BCUT2D eigenvalue weighted by Gasteiger charge is 2.29. The number of benzene rings is 2. The molecule has 11 heteroatoms. The summed E-state index contributed by atoms with van der Waals surface area (Å²) in [6.45, 7) is 7.47. The summed E-state index contributed by atoms with van der Waals surface area (Å²) in [6, 6.07) is 11.0. The highest BCUT2D eigenvalue weighted by atomic mass is 35.5. The molecule has 0 radical (unpaired) electrons. The van der Waals surface area contributed by atoms with Crippen molar-refractivity contribution < 1.29 is 22.7 Å². The molecule has 2 rings (SSSR count). The molecule has 204 valence electrons. The van der Waals surface area contributed by atoms with Gasteiger partial charge in [-0.1, -0.05) is 35.3 Å². The van der Waals surface area contributed by atoms with Gasteiger partial charge in [-0.25, -0.2) is 8.42 Å². The predicted molar refractivity (Wildman–Crippen MR) is 149 cm³/mol. The molecular formula is C26H35Cl2N3O5S. The van der Waals surface area contributed by atoms with Crippen LogP contribution in [0, 0.1) is 0 Å². The van der Waals surface area contributed by atoms with Crippen LogP contribution in [0.4, 0.5) is 5.69 Å². The summed E-state index contributed by atoms with van der Waals surface area (Å²) in [6.07, 6.45) is 1.39. The number of amides is 2. The largest absolute Gasteiger partial charge is 0.497 e. The van der Waals surface area contributed by atoms with Crippen molar-refractivity contribution >= 4 is 50.7 Å². The van der Waals surface area contributed by atoms with Crippen molar-refractivity contribution in [1.82, 2.24) is 10.2 Å². The average Bonchev–Trinajstić information content (AvgIpc) is 2.80. The van der Waals surface area contributed by atoms with Crippen molar-refractivity contribution in [2.24, 2.45) is 0 Å². The first-order valence-electron chi connectivity index (χ1n) is 11.8. The molecule has 2 aromatic rings. The molecule has 2 amide bonds. The third-order valence-electron chi connectivity index (χ3n) is 5.50. The van der Waals surface area contributed by atoms with Crippen molar-refractivity contribution in [1.29, 1.82) is 0 Å². The Morgan fingerprint density at radius 1 is 1.08 bits per heavy atom. The van der Waals surface area contributed by atoms with E-state index in [2.05, 4.69) is 5.32 Å². The highest BCUT2D eigenvalue weighted by molar-refractivity contribution is 7.92. The van der Waals surface area contributed by atoms with Crippen molar-refractivity contribution in [2.75, 3.05) is 24.2 Å². The van der Waals surface area contributed by atoms with E-state index in [9.17, 15) is 18.0 Å². The fourth-order valence-corrected chi connectivity index (χ4v) is 4.94. The zero-order valence-electron chi connectivity index (χ0n) is 22.0. The molecule has 0 heterocycles. The van der Waals surface area contributed by atoms with Crippen LogP contribution in [0.25, 0.3) is 0 Å². The van der Waals surface area contributed by atoms with Crippen LogP contribution in [0.5, 0.6) is 5.75 Å². The van der Waals surface area contributed by atoms with Gasteiger partial charge in [-0.15, -0.1) is 0 Å². The van der Waals surface area contributed by atoms with Crippen LogP contribution in [-0.2, 0) is 26.2 Å². The van der Waals surface area contributed by atoms with E-state index in [1.54, 1.807) is 49.4 Å². The van der Waals surface area contributed by atoms with Crippen molar-refractivity contribution in [3.63, 3.8) is 0 Å². The maximum Gasteiger partial charge on any atom is 0.242 e. The van der Waals surface area contributed by atoms with Crippen LogP contribution >= 0.6 is 23.2 Å². The molecule has 1 atom stereocenters. The standard InChI is InChI=1S/C26H35Cl2N3O5S/c1-18(25(33)29-26(2,3)4)30(17-19-12-13-22(27)23(28)15-19)24(32)11-8-14-31(37(6,34)35)20-9-7-10-21(16-20)36-5/h7,9-10,12-13,15-16,18H,8,11,14,17H2,1-6H3,(H,29,33). The molecule has 0 aliphatic carbocycles. The number of hydrogen-bond acceptors (Lipinski definition) is 5. The Morgan fingerprint density at radius 3 is 2.32 bits per heavy atom. The number of hydrogen-bond donors (Lipinski definition) is 1. The lowest BCUT2D eigenvalue weighted by atomic mass is 10.1. The monoisotopic (exact) mass is 571 g/mol. The predicted octanol–water partition coefficient (Wildman–Crippen LogP) is 4.88. The van der Waals surface area contributed by atoms with Crippen LogP contribution in [-0.4, -0.2) is 56.6 Å². The molecule has 0 fully saturated rings. The normalized spacial score (nSPS) is 12.5. The number of methoxy groups -OCH3 is 1. The van der Waals surface area contributed by atoms with Crippen molar-refractivity contribution in [3.8, 4) is 5.75 Å². The first-order chi connectivity index (χ1) is 17.1. The Hall–Kier alpha value is -2.49. The number of ether oxygens (including phenoxy) is 1. The van der Waals surface area contributed by atoms with Gasteiger partial charge in [-0.3, -0.25) is 13.9 Å². The summed E-state index contributed by atoms with van der Waals surface area (Å²) < 4.78 is 31.4. The molecule has 0 aliphatic rings. The summed E-state index contributed by atoms with van der Waals surface area (Å²) in [5.74, 6) is -0.0644. The van der Waals surface area contributed by atoms with E-state index < -0.39 is 21.6 Å². The average molecular weight is 573 g/mol. The number of nitrogens with one attached hydrogen (secondary N) is 1. The second kappa shape index (κ2) is 12.8. The zero-order valence-corrected chi connectivity index (χ0v) is 24.4. The summed E-state index contributed by atoms with van der Waals surface area (Å²) in [5.41, 5.74) is 0.684. The molecule has 0 aromatic heterocycles. The van der Waals surface area contributed by atoms with Gasteiger partial charge in [0.25, 0.3) is 0 Å². The first-order valence-corrected chi connectivity index (χ1v) is 14.4. The number of carbonyl (C=O) groups is 2.